The van der Waals surface area contributed by atoms with E-state index < -0.39 is 0 Å². The summed E-state index contributed by atoms with van der Waals surface area (Å²) in [6.07, 6.45) is 8.13. The number of aromatic nitrogens is 1. The molecule has 0 radical (unpaired) electrons. The number of pyridine rings is 1. The van der Waals surface area contributed by atoms with E-state index >= 15 is 0 Å². The highest BCUT2D eigenvalue weighted by Gasteiger charge is 2.14. The molecule has 0 saturated heterocycles. The zero-order valence-electron chi connectivity index (χ0n) is 8.67. The fourth-order valence-corrected chi connectivity index (χ4v) is 2.20. The van der Waals surface area contributed by atoms with Gasteiger partial charge in [0.15, 0.2) is 0 Å². The average Bonchev–Trinajstić information content (AvgIpc) is 2.24. The zero-order valence-corrected chi connectivity index (χ0v) is 9.43. The summed E-state index contributed by atoms with van der Waals surface area (Å²) in [6.45, 7) is 0. The van der Waals surface area contributed by atoms with Gasteiger partial charge in [0.05, 0.1) is 17.6 Å². The molecule has 0 amide bonds. The minimum Gasteiger partial charge on any atom is -0.397 e. The Balaban J connectivity index is 2.03. The van der Waals surface area contributed by atoms with Crippen LogP contribution >= 0.6 is 11.6 Å². The molecular weight excluding hydrogens is 210 g/mol. The highest BCUT2D eigenvalue weighted by Crippen LogP contribution is 2.25. The van der Waals surface area contributed by atoms with Gasteiger partial charge in [0, 0.05) is 12.1 Å². The van der Waals surface area contributed by atoms with Gasteiger partial charge >= 0.3 is 0 Å². The highest BCUT2D eigenvalue weighted by molar-refractivity contribution is 6.29. The third-order valence-corrected chi connectivity index (χ3v) is 3.07. The first kappa shape index (κ1) is 10.6. The second-order valence-corrected chi connectivity index (χ2v) is 4.46. The Bertz CT molecular complexity index is 335. The molecule has 3 N–H and O–H groups in total. The predicted molar refractivity (Wildman–Crippen MR) is 64.2 cm³/mol. The van der Waals surface area contributed by atoms with Crippen molar-refractivity contribution in [2.75, 3.05) is 11.1 Å². The fraction of sp³-hybridized carbons (Fsp3) is 0.545. The van der Waals surface area contributed by atoms with E-state index in [-0.39, 0.29) is 0 Å². The molecular formula is C11H16ClN3. The smallest absolute Gasteiger partial charge is 0.131 e. The summed E-state index contributed by atoms with van der Waals surface area (Å²) in [6, 6.07) is 2.23. The van der Waals surface area contributed by atoms with Gasteiger partial charge in [0.25, 0.3) is 0 Å². The van der Waals surface area contributed by atoms with Gasteiger partial charge in [-0.05, 0) is 12.8 Å². The van der Waals surface area contributed by atoms with E-state index in [1.165, 1.54) is 32.1 Å². The number of nitrogens with two attached hydrogens (primary N) is 1. The van der Waals surface area contributed by atoms with Gasteiger partial charge in [0.1, 0.15) is 5.15 Å². The van der Waals surface area contributed by atoms with Crippen LogP contribution in [0.3, 0.4) is 0 Å². The maximum Gasteiger partial charge on any atom is 0.131 e. The van der Waals surface area contributed by atoms with Crippen molar-refractivity contribution in [3.05, 3.63) is 17.4 Å². The van der Waals surface area contributed by atoms with Gasteiger partial charge in [0.2, 0.25) is 0 Å². The van der Waals surface area contributed by atoms with Crippen LogP contribution < -0.4 is 11.1 Å². The summed E-state index contributed by atoms with van der Waals surface area (Å²) in [7, 11) is 0. The summed E-state index contributed by atoms with van der Waals surface area (Å²) < 4.78 is 0. The van der Waals surface area contributed by atoms with Crippen LogP contribution in [-0.2, 0) is 0 Å². The van der Waals surface area contributed by atoms with E-state index in [2.05, 4.69) is 10.3 Å². The van der Waals surface area contributed by atoms with Crippen molar-refractivity contribution in [1.82, 2.24) is 4.98 Å². The second-order valence-electron chi connectivity index (χ2n) is 4.07. The standard InChI is InChI=1S/C11H16ClN3/c12-11-6-9(13)10(7-14-11)15-8-4-2-1-3-5-8/h6-8,15H,1-5H2,(H2,13,14). The second kappa shape index (κ2) is 4.71. The molecule has 82 valence electrons. The fourth-order valence-electron chi connectivity index (χ4n) is 2.03. The quantitative estimate of drug-likeness (QED) is 0.761. The molecule has 1 aliphatic carbocycles. The normalized spacial score (nSPS) is 17.7. The summed E-state index contributed by atoms with van der Waals surface area (Å²) in [5.74, 6) is 0. The summed E-state index contributed by atoms with van der Waals surface area (Å²) in [5, 5.41) is 3.88. The minimum absolute atomic E-state index is 0.446. The van der Waals surface area contributed by atoms with Gasteiger partial charge in [-0.25, -0.2) is 4.98 Å². The number of nitrogen functional groups attached to an aromatic ring is 1. The Labute approximate surface area is 95.0 Å². The molecule has 0 aromatic carbocycles. The van der Waals surface area contributed by atoms with Crippen LogP contribution in [0.5, 0.6) is 0 Å². The molecule has 0 atom stereocenters. The molecule has 0 aliphatic heterocycles. The minimum atomic E-state index is 0.446. The average molecular weight is 226 g/mol. The molecule has 1 heterocycles. The van der Waals surface area contributed by atoms with Crippen LogP contribution in [-0.4, -0.2) is 11.0 Å². The maximum atomic E-state index is 5.85. The van der Waals surface area contributed by atoms with Crippen molar-refractivity contribution in [2.24, 2.45) is 0 Å². The van der Waals surface area contributed by atoms with E-state index in [0.717, 1.165) is 5.69 Å². The summed E-state index contributed by atoms with van der Waals surface area (Å²) in [5.41, 5.74) is 7.44. The molecule has 1 aliphatic rings. The number of hydrogen-bond acceptors (Lipinski definition) is 3. The van der Waals surface area contributed by atoms with Crippen molar-refractivity contribution in [3.8, 4) is 0 Å². The molecule has 1 aromatic rings. The highest BCUT2D eigenvalue weighted by atomic mass is 35.5. The van der Waals surface area contributed by atoms with Gasteiger partial charge in [-0.15, -0.1) is 0 Å². The van der Waals surface area contributed by atoms with Crippen LogP contribution in [0.15, 0.2) is 12.3 Å². The molecule has 0 bridgehead atoms. The topological polar surface area (TPSA) is 50.9 Å². The first-order valence-electron chi connectivity index (χ1n) is 5.43. The van der Waals surface area contributed by atoms with E-state index in [1.54, 1.807) is 12.3 Å². The number of nitrogens with zero attached hydrogens (tertiary/aromatic N) is 1. The van der Waals surface area contributed by atoms with Crippen molar-refractivity contribution in [2.45, 2.75) is 38.1 Å². The van der Waals surface area contributed by atoms with Crippen LogP contribution in [0.1, 0.15) is 32.1 Å². The number of nitrogens with one attached hydrogen (secondary N) is 1. The molecule has 1 fully saturated rings. The lowest BCUT2D eigenvalue weighted by Crippen LogP contribution is -2.22. The van der Waals surface area contributed by atoms with Gasteiger partial charge < -0.3 is 11.1 Å². The van der Waals surface area contributed by atoms with Crippen molar-refractivity contribution >= 4 is 23.0 Å². The van der Waals surface area contributed by atoms with E-state index in [4.69, 9.17) is 17.3 Å². The van der Waals surface area contributed by atoms with Crippen LogP contribution in [0.2, 0.25) is 5.15 Å². The summed E-state index contributed by atoms with van der Waals surface area (Å²) >= 11 is 5.74. The van der Waals surface area contributed by atoms with Gasteiger partial charge in [-0.1, -0.05) is 30.9 Å². The largest absolute Gasteiger partial charge is 0.397 e. The Morgan fingerprint density at radius 2 is 2.07 bits per heavy atom. The van der Waals surface area contributed by atoms with Crippen molar-refractivity contribution in [3.63, 3.8) is 0 Å². The lowest BCUT2D eigenvalue weighted by molar-refractivity contribution is 0.463. The summed E-state index contributed by atoms with van der Waals surface area (Å²) in [4.78, 5) is 4.03. The Morgan fingerprint density at radius 1 is 1.33 bits per heavy atom. The lowest BCUT2D eigenvalue weighted by Gasteiger charge is -2.24. The Hall–Kier alpha value is -0.960. The first-order valence-corrected chi connectivity index (χ1v) is 5.81. The Morgan fingerprint density at radius 3 is 2.73 bits per heavy atom. The van der Waals surface area contributed by atoms with E-state index in [9.17, 15) is 0 Å². The molecule has 0 unspecified atom stereocenters. The molecule has 2 rings (SSSR count). The molecule has 1 aromatic heterocycles. The predicted octanol–water partition coefficient (Wildman–Crippen LogP) is 3.06. The third kappa shape index (κ3) is 2.75. The zero-order chi connectivity index (χ0) is 10.7. The van der Waals surface area contributed by atoms with Crippen molar-refractivity contribution in [1.29, 1.82) is 0 Å². The molecule has 1 saturated carbocycles. The third-order valence-electron chi connectivity index (χ3n) is 2.87. The number of halogens is 1. The number of hydrogen-bond donors (Lipinski definition) is 2. The first-order chi connectivity index (χ1) is 7.25. The molecule has 0 spiro atoms. The monoisotopic (exact) mass is 225 g/mol. The lowest BCUT2D eigenvalue weighted by atomic mass is 9.95. The van der Waals surface area contributed by atoms with E-state index in [0.29, 0.717) is 16.9 Å². The maximum absolute atomic E-state index is 5.85. The van der Waals surface area contributed by atoms with Crippen molar-refractivity contribution < 1.29 is 0 Å². The van der Waals surface area contributed by atoms with E-state index in [1.807, 2.05) is 0 Å². The molecule has 4 heteroatoms. The SMILES string of the molecule is Nc1cc(Cl)ncc1NC1CCCCC1. The Kier molecular flexibility index (Phi) is 3.31. The molecule has 3 nitrogen and oxygen atoms in total. The number of rotatable bonds is 2. The van der Waals surface area contributed by atoms with Crippen LogP contribution in [0, 0.1) is 0 Å². The van der Waals surface area contributed by atoms with Crippen LogP contribution in [0.4, 0.5) is 11.4 Å². The number of anilines is 2. The van der Waals surface area contributed by atoms with Crippen LogP contribution in [0.25, 0.3) is 0 Å². The van der Waals surface area contributed by atoms with Gasteiger partial charge in [-0.3, -0.25) is 0 Å². The van der Waals surface area contributed by atoms with Gasteiger partial charge in [-0.2, -0.15) is 0 Å². The molecule has 15 heavy (non-hydrogen) atoms.